The lowest BCUT2D eigenvalue weighted by Crippen LogP contribution is -2.23. The minimum Gasteiger partial charge on any atom is -0.477 e. The third-order valence-electron chi connectivity index (χ3n) is 2.87. The van der Waals surface area contributed by atoms with Gasteiger partial charge >= 0.3 is 5.97 Å². The van der Waals surface area contributed by atoms with Crippen molar-refractivity contribution in [2.24, 2.45) is 0 Å². The first-order valence-electron chi connectivity index (χ1n) is 6.34. The van der Waals surface area contributed by atoms with Crippen molar-refractivity contribution < 1.29 is 18.3 Å². The fraction of sp³-hybridized carbons (Fsp3) is 0.333. The van der Waals surface area contributed by atoms with Gasteiger partial charge in [-0.1, -0.05) is 6.92 Å². The van der Waals surface area contributed by atoms with Crippen molar-refractivity contribution in [3.63, 3.8) is 0 Å². The summed E-state index contributed by atoms with van der Waals surface area (Å²) < 4.78 is 28.2. The Morgan fingerprint density at radius 1 is 1.52 bits per heavy atom. The van der Waals surface area contributed by atoms with Gasteiger partial charge in [-0.2, -0.15) is 0 Å². The van der Waals surface area contributed by atoms with Crippen LogP contribution in [0.15, 0.2) is 29.7 Å². The maximum absolute atomic E-state index is 12.2. The fourth-order valence-corrected chi connectivity index (χ4v) is 2.92. The largest absolute Gasteiger partial charge is 0.477 e. The van der Waals surface area contributed by atoms with Gasteiger partial charge in [0.1, 0.15) is 10.6 Å². The Kier molecular flexibility index (Phi) is 4.43. The molecule has 0 aliphatic rings. The second-order valence-electron chi connectivity index (χ2n) is 4.46. The van der Waals surface area contributed by atoms with E-state index >= 15 is 0 Å². The van der Waals surface area contributed by atoms with Crippen LogP contribution in [0.1, 0.15) is 29.5 Å². The summed E-state index contributed by atoms with van der Waals surface area (Å²) >= 11 is 0. The Balaban J connectivity index is 2.23. The van der Waals surface area contributed by atoms with Crippen LogP contribution in [0.3, 0.4) is 0 Å². The van der Waals surface area contributed by atoms with Crippen molar-refractivity contribution in [1.29, 1.82) is 0 Å². The molecule has 0 atom stereocenters. The number of aryl methyl sites for hydroxylation is 1. The molecular weight excluding hydrogens is 296 g/mol. The van der Waals surface area contributed by atoms with Crippen molar-refractivity contribution in [2.45, 2.75) is 31.3 Å². The van der Waals surface area contributed by atoms with Crippen LogP contribution in [0.4, 0.5) is 0 Å². The van der Waals surface area contributed by atoms with E-state index < -0.39 is 16.0 Å². The monoisotopic (exact) mass is 312 g/mol. The van der Waals surface area contributed by atoms with Gasteiger partial charge in [-0.3, -0.25) is 0 Å². The molecule has 0 spiro atoms. The Bertz CT molecular complexity index is 719. The molecule has 0 aromatic carbocycles. The number of hydrogen-bond acceptors (Lipinski definition) is 4. The zero-order chi connectivity index (χ0) is 15.5. The van der Waals surface area contributed by atoms with E-state index in [0.717, 1.165) is 6.07 Å². The van der Waals surface area contributed by atoms with Crippen molar-refractivity contribution in [1.82, 2.24) is 19.3 Å². The minimum absolute atomic E-state index is 0.0428. The lowest BCUT2D eigenvalue weighted by molar-refractivity contribution is 0.0685. The second kappa shape index (κ2) is 6.10. The Morgan fingerprint density at radius 3 is 2.86 bits per heavy atom. The van der Waals surface area contributed by atoms with Gasteiger partial charge in [-0.05, 0) is 12.5 Å². The highest BCUT2D eigenvalue weighted by Crippen LogP contribution is 2.15. The number of carboxylic acids is 1. The number of aromatic nitrogens is 3. The zero-order valence-corrected chi connectivity index (χ0v) is 12.2. The number of nitrogens with one attached hydrogen (secondary N) is 2. The molecule has 9 heteroatoms. The Hall–Kier alpha value is -2.13. The molecule has 8 nitrogen and oxygen atoms in total. The van der Waals surface area contributed by atoms with Gasteiger partial charge < -0.3 is 14.7 Å². The van der Waals surface area contributed by atoms with Crippen LogP contribution in [0, 0.1) is 0 Å². The fourth-order valence-electron chi connectivity index (χ4n) is 1.87. The number of aromatic carboxylic acids is 1. The number of H-pyrrole nitrogens is 1. The van der Waals surface area contributed by atoms with E-state index in [-0.39, 0.29) is 17.1 Å². The molecule has 0 radical (unpaired) electrons. The maximum atomic E-state index is 12.2. The lowest BCUT2D eigenvalue weighted by atomic mass is 10.4. The maximum Gasteiger partial charge on any atom is 0.352 e. The standard InChI is InChI=1S/C12H16N4O4S/c1-2-3-16-7-10(4-11(16)12(17)18)21(19,20)15-6-9-5-13-8-14-9/h4-5,7-8,15H,2-3,6H2,1H3,(H,13,14)(H,17,18). The highest BCUT2D eigenvalue weighted by atomic mass is 32.2. The number of hydrogen-bond donors (Lipinski definition) is 3. The van der Waals surface area contributed by atoms with Crippen molar-refractivity contribution >= 4 is 16.0 Å². The molecule has 114 valence electrons. The summed E-state index contributed by atoms with van der Waals surface area (Å²) in [6.07, 6.45) is 5.00. The third-order valence-corrected chi connectivity index (χ3v) is 4.24. The summed E-state index contributed by atoms with van der Waals surface area (Å²) in [6.45, 7) is 2.39. The molecule has 0 aliphatic heterocycles. The summed E-state index contributed by atoms with van der Waals surface area (Å²) in [7, 11) is -3.77. The summed E-state index contributed by atoms with van der Waals surface area (Å²) in [4.78, 5) is 17.6. The molecule has 0 fully saturated rings. The van der Waals surface area contributed by atoms with Gasteiger partial charge in [0.2, 0.25) is 10.0 Å². The van der Waals surface area contributed by atoms with E-state index in [9.17, 15) is 13.2 Å². The van der Waals surface area contributed by atoms with E-state index in [1.165, 1.54) is 23.3 Å². The van der Waals surface area contributed by atoms with Gasteiger partial charge in [-0.15, -0.1) is 0 Å². The molecule has 0 bridgehead atoms. The quantitative estimate of drug-likeness (QED) is 0.699. The van der Waals surface area contributed by atoms with Crippen molar-refractivity contribution in [3.8, 4) is 0 Å². The van der Waals surface area contributed by atoms with Crippen LogP contribution in [0.25, 0.3) is 0 Å². The van der Waals surface area contributed by atoms with Gasteiger partial charge in [0.25, 0.3) is 0 Å². The van der Waals surface area contributed by atoms with Gasteiger partial charge in [0.15, 0.2) is 0 Å². The molecule has 0 saturated carbocycles. The lowest BCUT2D eigenvalue weighted by Gasteiger charge is -2.03. The predicted molar refractivity (Wildman–Crippen MR) is 74.3 cm³/mol. The highest BCUT2D eigenvalue weighted by Gasteiger charge is 2.21. The van der Waals surface area contributed by atoms with E-state index in [4.69, 9.17) is 5.11 Å². The summed E-state index contributed by atoms with van der Waals surface area (Å²) in [5, 5.41) is 9.10. The molecule has 21 heavy (non-hydrogen) atoms. The molecule has 0 amide bonds. The average molecular weight is 312 g/mol. The molecule has 0 aliphatic carbocycles. The number of nitrogens with zero attached hydrogens (tertiary/aromatic N) is 2. The molecule has 2 heterocycles. The molecule has 0 saturated heterocycles. The molecule has 2 aromatic rings. The average Bonchev–Trinajstić information content (AvgIpc) is 3.06. The van der Waals surface area contributed by atoms with Crippen molar-refractivity contribution in [3.05, 3.63) is 36.2 Å². The number of carbonyl (C=O) groups is 1. The molecule has 3 N–H and O–H groups in total. The molecule has 2 aromatic heterocycles. The van der Waals surface area contributed by atoms with Gasteiger partial charge in [0, 0.05) is 24.6 Å². The number of sulfonamides is 1. The first kappa shape index (κ1) is 15.3. The summed E-state index contributed by atoms with van der Waals surface area (Å²) in [5.41, 5.74) is 0.573. The number of imidazole rings is 1. The van der Waals surface area contributed by atoms with Crippen molar-refractivity contribution in [2.75, 3.05) is 0 Å². The Morgan fingerprint density at radius 2 is 2.29 bits per heavy atom. The minimum atomic E-state index is -3.77. The van der Waals surface area contributed by atoms with E-state index in [1.807, 2.05) is 6.92 Å². The van der Waals surface area contributed by atoms with Crippen LogP contribution in [0.5, 0.6) is 0 Å². The van der Waals surface area contributed by atoms with Crippen LogP contribution >= 0.6 is 0 Å². The predicted octanol–water partition coefficient (Wildman–Crippen LogP) is 0.798. The van der Waals surface area contributed by atoms with Crippen LogP contribution in [0.2, 0.25) is 0 Å². The zero-order valence-electron chi connectivity index (χ0n) is 11.4. The number of rotatable bonds is 7. The van der Waals surface area contributed by atoms with E-state index in [1.54, 1.807) is 0 Å². The molecule has 2 rings (SSSR count). The number of aromatic amines is 1. The normalized spacial score (nSPS) is 11.7. The SMILES string of the molecule is CCCn1cc(S(=O)(=O)NCc2cnc[nH]2)cc1C(=O)O. The Labute approximate surface area is 121 Å². The molecular formula is C12H16N4O4S. The number of carboxylic acid groups (broad SMARTS) is 1. The highest BCUT2D eigenvalue weighted by molar-refractivity contribution is 7.89. The first-order chi connectivity index (χ1) is 9.94. The third kappa shape index (κ3) is 3.50. The van der Waals surface area contributed by atoms with Crippen LogP contribution < -0.4 is 4.72 Å². The smallest absolute Gasteiger partial charge is 0.352 e. The van der Waals surface area contributed by atoms with Crippen LogP contribution in [-0.4, -0.2) is 34.0 Å². The topological polar surface area (TPSA) is 117 Å². The van der Waals surface area contributed by atoms with E-state index in [0.29, 0.717) is 18.7 Å². The molecule has 0 unspecified atom stereocenters. The summed E-state index contributed by atoms with van der Waals surface area (Å²) in [5.74, 6) is -1.15. The van der Waals surface area contributed by atoms with E-state index in [2.05, 4.69) is 14.7 Å². The van der Waals surface area contributed by atoms with Gasteiger partial charge in [0.05, 0.1) is 12.9 Å². The summed E-state index contributed by atoms with van der Waals surface area (Å²) in [6, 6.07) is 1.16. The van der Waals surface area contributed by atoms with Crippen LogP contribution in [-0.2, 0) is 23.1 Å². The van der Waals surface area contributed by atoms with Gasteiger partial charge in [-0.25, -0.2) is 22.9 Å². The first-order valence-corrected chi connectivity index (χ1v) is 7.82. The second-order valence-corrected chi connectivity index (χ2v) is 6.23.